The van der Waals surface area contributed by atoms with Crippen LogP contribution in [0.3, 0.4) is 0 Å². The van der Waals surface area contributed by atoms with E-state index < -0.39 is 0 Å². The fourth-order valence-electron chi connectivity index (χ4n) is 1.96. The van der Waals surface area contributed by atoms with Crippen LogP contribution in [-0.2, 0) is 13.1 Å². The molecule has 0 spiro atoms. The summed E-state index contributed by atoms with van der Waals surface area (Å²) < 4.78 is 6.69. The van der Waals surface area contributed by atoms with Gasteiger partial charge in [-0.1, -0.05) is 12.1 Å². The molecule has 0 atom stereocenters. The Bertz CT molecular complexity index is 650. The van der Waals surface area contributed by atoms with E-state index in [0.29, 0.717) is 18.8 Å². The number of para-hydroxylation sites is 1. The van der Waals surface area contributed by atoms with Crippen LogP contribution in [0, 0.1) is 0 Å². The molecule has 0 saturated carbocycles. The van der Waals surface area contributed by atoms with Crippen LogP contribution in [0.4, 0.5) is 5.69 Å². The second kappa shape index (κ2) is 6.14. The van der Waals surface area contributed by atoms with Crippen molar-refractivity contribution in [1.29, 1.82) is 0 Å². The number of benzene rings is 1. The molecule has 0 saturated heterocycles. The molecule has 5 nitrogen and oxygen atoms in total. The number of phenolic OH excluding ortho intramolecular Hbond substituents is 1. The molecule has 0 aliphatic rings. The van der Waals surface area contributed by atoms with Crippen molar-refractivity contribution < 1.29 is 9.84 Å². The maximum absolute atomic E-state index is 11.5. The number of phenols is 1. The number of nitrogens with one attached hydrogen (secondary N) is 1. The smallest absolute Gasteiger partial charge is 0.250 e. The van der Waals surface area contributed by atoms with Crippen molar-refractivity contribution >= 4 is 5.69 Å². The molecule has 5 heteroatoms. The van der Waals surface area contributed by atoms with E-state index in [-0.39, 0.29) is 11.3 Å². The summed E-state index contributed by atoms with van der Waals surface area (Å²) in [4.78, 5) is 11.5. The summed E-state index contributed by atoms with van der Waals surface area (Å²) in [6, 6.07) is 8.60. The fraction of sp³-hybridized carbons (Fsp3) is 0.267. The minimum absolute atomic E-state index is 0.0257. The van der Waals surface area contributed by atoms with Crippen LogP contribution < -0.4 is 15.6 Å². The van der Waals surface area contributed by atoms with E-state index in [2.05, 4.69) is 5.32 Å². The zero-order chi connectivity index (χ0) is 14.5. The SMILES string of the molecule is CCn1cc(NCc2cccc(OC)c2O)ccc1=O. The van der Waals surface area contributed by atoms with E-state index in [1.165, 1.54) is 13.2 Å². The lowest BCUT2D eigenvalue weighted by atomic mass is 10.2. The Morgan fingerprint density at radius 2 is 2.10 bits per heavy atom. The van der Waals surface area contributed by atoms with Crippen LogP contribution >= 0.6 is 0 Å². The van der Waals surface area contributed by atoms with Gasteiger partial charge < -0.3 is 19.7 Å². The van der Waals surface area contributed by atoms with Gasteiger partial charge in [0.05, 0.1) is 12.8 Å². The number of ether oxygens (including phenoxy) is 1. The van der Waals surface area contributed by atoms with Crippen LogP contribution in [0.25, 0.3) is 0 Å². The Kier molecular flexibility index (Phi) is 4.30. The van der Waals surface area contributed by atoms with Crippen molar-refractivity contribution in [2.45, 2.75) is 20.0 Å². The Labute approximate surface area is 117 Å². The van der Waals surface area contributed by atoms with Crippen molar-refractivity contribution in [1.82, 2.24) is 4.57 Å². The number of hydrogen-bond acceptors (Lipinski definition) is 4. The number of hydrogen-bond donors (Lipinski definition) is 2. The summed E-state index contributed by atoms with van der Waals surface area (Å²) in [7, 11) is 1.52. The molecule has 0 bridgehead atoms. The third-order valence-corrected chi connectivity index (χ3v) is 3.11. The largest absolute Gasteiger partial charge is 0.504 e. The summed E-state index contributed by atoms with van der Waals surface area (Å²) in [5.74, 6) is 0.578. The molecule has 0 amide bonds. The van der Waals surface area contributed by atoms with Crippen LogP contribution in [-0.4, -0.2) is 16.8 Å². The predicted octanol–water partition coefficient (Wildman–Crippen LogP) is 2.19. The number of aromatic nitrogens is 1. The van der Waals surface area contributed by atoms with Gasteiger partial charge in [0.1, 0.15) is 0 Å². The molecular formula is C15H18N2O3. The van der Waals surface area contributed by atoms with Gasteiger partial charge in [-0.3, -0.25) is 4.79 Å². The third kappa shape index (κ3) is 2.93. The van der Waals surface area contributed by atoms with Gasteiger partial charge >= 0.3 is 0 Å². The van der Waals surface area contributed by atoms with E-state index in [0.717, 1.165) is 11.3 Å². The quantitative estimate of drug-likeness (QED) is 0.877. The highest BCUT2D eigenvalue weighted by Gasteiger charge is 2.07. The monoisotopic (exact) mass is 274 g/mol. The Morgan fingerprint density at radius 3 is 2.80 bits per heavy atom. The minimum Gasteiger partial charge on any atom is -0.504 e. The number of rotatable bonds is 5. The van der Waals surface area contributed by atoms with Gasteiger partial charge in [-0.15, -0.1) is 0 Å². The highest BCUT2D eigenvalue weighted by molar-refractivity contribution is 5.48. The summed E-state index contributed by atoms with van der Waals surface area (Å²) in [5, 5.41) is 13.2. The molecule has 0 radical (unpaired) electrons. The zero-order valence-electron chi connectivity index (χ0n) is 11.6. The summed E-state index contributed by atoms with van der Waals surface area (Å²) in [6.45, 7) is 2.99. The van der Waals surface area contributed by atoms with Crippen LogP contribution in [0.2, 0.25) is 0 Å². The van der Waals surface area contributed by atoms with Crippen molar-refractivity contribution in [2.75, 3.05) is 12.4 Å². The molecule has 0 aliphatic carbocycles. The fourth-order valence-corrected chi connectivity index (χ4v) is 1.96. The third-order valence-electron chi connectivity index (χ3n) is 3.11. The topological polar surface area (TPSA) is 63.5 Å². The van der Waals surface area contributed by atoms with Crippen molar-refractivity contribution in [3.63, 3.8) is 0 Å². The predicted molar refractivity (Wildman–Crippen MR) is 78.4 cm³/mol. The molecule has 2 N–H and O–H groups in total. The van der Waals surface area contributed by atoms with Crippen LogP contribution in [0.1, 0.15) is 12.5 Å². The maximum Gasteiger partial charge on any atom is 0.250 e. The van der Waals surface area contributed by atoms with Crippen LogP contribution in [0.5, 0.6) is 11.5 Å². The highest BCUT2D eigenvalue weighted by Crippen LogP contribution is 2.29. The molecule has 1 heterocycles. The zero-order valence-corrected chi connectivity index (χ0v) is 11.6. The molecule has 0 unspecified atom stereocenters. The number of aryl methyl sites for hydroxylation is 1. The molecule has 2 rings (SSSR count). The second-order valence-corrected chi connectivity index (χ2v) is 4.36. The highest BCUT2D eigenvalue weighted by atomic mass is 16.5. The minimum atomic E-state index is -0.0257. The standard InChI is InChI=1S/C15H18N2O3/c1-3-17-10-12(7-8-14(17)18)16-9-11-5-4-6-13(20-2)15(11)19/h4-8,10,16,19H,3,9H2,1-2H3. The van der Waals surface area contributed by atoms with Gasteiger partial charge in [-0.2, -0.15) is 0 Å². The molecule has 106 valence electrons. The number of pyridine rings is 1. The van der Waals surface area contributed by atoms with Crippen molar-refractivity contribution in [2.24, 2.45) is 0 Å². The first kappa shape index (κ1) is 14.0. The van der Waals surface area contributed by atoms with E-state index in [4.69, 9.17) is 4.74 Å². The summed E-state index contributed by atoms with van der Waals surface area (Å²) >= 11 is 0. The van der Waals surface area contributed by atoms with E-state index in [1.807, 2.05) is 19.1 Å². The molecule has 2 aromatic rings. The Hall–Kier alpha value is -2.43. The Morgan fingerprint density at radius 1 is 1.30 bits per heavy atom. The molecule has 20 heavy (non-hydrogen) atoms. The van der Waals surface area contributed by atoms with Gasteiger partial charge in [0, 0.05) is 30.9 Å². The maximum atomic E-state index is 11.5. The van der Waals surface area contributed by atoms with Crippen molar-refractivity contribution in [3.8, 4) is 11.5 Å². The first-order chi connectivity index (χ1) is 9.65. The summed E-state index contributed by atoms with van der Waals surface area (Å²) in [6.07, 6.45) is 1.76. The van der Waals surface area contributed by atoms with E-state index in [9.17, 15) is 9.90 Å². The van der Waals surface area contributed by atoms with Gasteiger partial charge in [-0.25, -0.2) is 0 Å². The van der Waals surface area contributed by atoms with E-state index in [1.54, 1.807) is 22.9 Å². The number of nitrogens with zero attached hydrogens (tertiary/aromatic N) is 1. The molecule has 1 aromatic carbocycles. The average molecular weight is 274 g/mol. The Balaban J connectivity index is 2.15. The summed E-state index contributed by atoms with van der Waals surface area (Å²) in [5.41, 5.74) is 1.54. The molecule has 0 fully saturated rings. The van der Waals surface area contributed by atoms with Crippen molar-refractivity contribution in [3.05, 3.63) is 52.4 Å². The normalized spacial score (nSPS) is 10.3. The number of methoxy groups -OCH3 is 1. The molecular weight excluding hydrogens is 256 g/mol. The van der Waals surface area contributed by atoms with E-state index >= 15 is 0 Å². The van der Waals surface area contributed by atoms with Gasteiger partial charge in [-0.05, 0) is 19.1 Å². The lowest BCUT2D eigenvalue weighted by Crippen LogP contribution is -2.17. The lowest BCUT2D eigenvalue weighted by Gasteiger charge is -2.11. The van der Waals surface area contributed by atoms with Gasteiger partial charge in [0.25, 0.3) is 5.56 Å². The van der Waals surface area contributed by atoms with Crippen LogP contribution in [0.15, 0.2) is 41.3 Å². The van der Waals surface area contributed by atoms with Gasteiger partial charge in [0.2, 0.25) is 0 Å². The second-order valence-electron chi connectivity index (χ2n) is 4.36. The molecule has 1 aromatic heterocycles. The molecule has 0 aliphatic heterocycles. The number of aromatic hydroxyl groups is 1. The average Bonchev–Trinajstić information content (AvgIpc) is 2.47. The first-order valence-corrected chi connectivity index (χ1v) is 6.45. The van der Waals surface area contributed by atoms with Gasteiger partial charge in [0.15, 0.2) is 11.5 Å². The number of anilines is 1. The first-order valence-electron chi connectivity index (χ1n) is 6.45. The lowest BCUT2D eigenvalue weighted by molar-refractivity contribution is 0.371.